The number of rotatable bonds is 19. The van der Waals surface area contributed by atoms with Crippen LogP contribution >= 0.6 is 18.3 Å². The molecule has 6 aromatic rings. The first kappa shape index (κ1) is 46.9. The molecule has 5 aromatic heterocycles. The number of halogens is 1. The smallest absolute Gasteiger partial charge is 0.327 e. The molecule has 8 rings (SSSR count). The fraction of sp³-hybridized carbons (Fsp3) is 0.525. The maximum absolute atomic E-state index is 11.2. The minimum Gasteiger partial charge on any atom is -0.476 e. The number of hydrogen-bond donors (Lipinski definition) is 2. The summed E-state index contributed by atoms with van der Waals surface area (Å²) in [5, 5.41) is 42.2. The van der Waals surface area contributed by atoms with Crippen LogP contribution in [0.1, 0.15) is 51.4 Å². The SMILES string of the molecule is CC(C)(C)[Si](C)(C)O[C@H]1[C@@H](OP(=S)(OCCC#N)OCC2C[C@@H](n3cnc4c(Cl)ncnc43)[C@@H]2CO)[C@H](n2cnc3c(OCCc4ccc([N+](=O)[O-])cc4)nc4nccn4c32)O[C@@H]1CO. The molecule has 1 aliphatic carbocycles. The van der Waals surface area contributed by atoms with Crippen LogP contribution in [0, 0.1) is 33.3 Å². The highest BCUT2D eigenvalue weighted by Crippen LogP contribution is 2.57. The second-order valence-corrected chi connectivity index (χ2v) is 25.5. The van der Waals surface area contributed by atoms with E-state index in [0.29, 0.717) is 40.9 Å². The van der Waals surface area contributed by atoms with Gasteiger partial charge in [0.15, 0.2) is 36.5 Å². The van der Waals surface area contributed by atoms with Crippen LogP contribution < -0.4 is 4.74 Å². The van der Waals surface area contributed by atoms with E-state index < -0.39 is 51.1 Å². The number of nitriles is 1. The van der Waals surface area contributed by atoms with Gasteiger partial charge in [0.2, 0.25) is 11.7 Å². The second-order valence-electron chi connectivity index (χ2n) is 17.4. The quantitative estimate of drug-likeness (QED) is 0.0232. The standard InChI is InChI=1S/C40H49ClN11O10PSSi/c1-40(2,3)65(4,5)62-32-29(19-54)60-38(51-23-47-31-36(48-39-43-13-14-49(39)37(31)51)57-16-11-24-7-9-26(10-8-24)52(55)56)33(32)61-63(64,58-15-6-12-42)59-20-25-17-28(27(25)18-53)50-22-46-30-34(41)44-21-45-35(30)50/h7-10,13-14,21-23,25,27-29,32-33,38,53-54H,6,11,15-20H2,1-5H3/t25?,27-,28-,29-,32-,33-,38-,63?/m1/s1. The molecule has 2 fully saturated rings. The predicted octanol–water partition coefficient (Wildman–Crippen LogP) is 6.11. The second kappa shape index (κ2) is 19.0. The summed E-state index contributed by atoms with van der Waals surface area (Å²) in [6.45, 7) is 6.23. The van der Waals surface area contributed by atoms with E-state index in [4.69, 9.17) is 55.9 Å². The Kier molecular flexibility index (Phi) is 13.7. The molecule has 8 atom stereocenters. The molecule has 0 bridgehead atoms. The van der Waals surface area contributed by atoms with Crippen molar-refractivity contribution < 1.29 is 42.6 Å². The molecule has 65 heavy (non-hydrogen) atoms. The molecular weight excluding hydrogens is 921 g/mol. The third-order valence-corrected chi connectivity index (χ3v) is 19.6. The van der Waals surface area contributed by atoms with E-state index in [-0.39, 0.29) is 72.5 Å². The Morgan fingerprint density at radius 3 is 2.51 bits per heavy atom. The van der Waals surface area contributed by atoms with Crippen molar-refractivity contribution in [3.63, 3.8) is 0 Å². The maximum Gasteiger partial charge on any atom is 0.327 e. The lowest BCUT2D eigenvalue weighted by atomic mass is 9.70. The van der Waals surface area contributed by atoms with E-state index in [1.165, 1.54) is 18.5 Å². The van der Waals surface area contributed by atoms with Crippen LogP contribution in [0.15, 0.2) is 55.6 Å². The number of nitro benzene ring substituents is 1. The Balaban J connectivity index is 1.11. The summed E-state index contributed by atoms with van der Waals surface area (Å²) in [7, 11) is -2.62. The van der Waals surface area contributed by atoms with Gasteiger partial charge >= 0.3 is 6.72 Å². The van der Waals surface area contributed by atoms with E-state index in [1.54, 1.807) is 46.1 Å². The molecule has 0 spiro atoms. The van der Waals surface area contributed by atoms with Gasteiger partial charge in [0, 0.05) is 49.5 Å². The molecule has 0 amide bonds. The molecule has 0 radical (unpaired) electrons. The van der Waals surface area contributed by atoms with Crippen LogP contribution in [0.2, 0.25) is 23.3 Å². The first-order valence-electron chi connectivity index (χ1n) is 20.9. The Hall–Kier alpha value is -4.57. The van der Waals surface area contributed by atoms with Gasteiger partial charge in [0.05, 0.1) is 56.5 Å². The first-order chi connectivity index (χ1) is 31.1. The van der Waals surface area contributed by atoms with Crippen LogP contribution in [0.5, 0.6) is 5.88 Å². The van der Waals surface area contributed by atoms with Gasteiger partial charge in [-0.3, -0.25) is 23.6 Å². The zero-order chi connectivity index (χ0) is 46.3. The van der Waals surface area contributed by atoms with E-state index in [0.717, 1.165) is 5.56 Å². The number of benzene rings is 1. The number of fused-ring (bicyclic) bond motifs is 4. The summed E-state index contributed by atoms with van der Waals surface area (Å²) >= 11 is 12.5. The highest BCUT2D eigenvalue weighted by molar-refractivity contribution is 8.07. The van der Waals surface area contributed by atoms with E-state index in [2.05, 4.69) is 64.9 Å². The normalized spacial score (nSPS) is 23.5. The van der Waals surface area contributed by atoms with Gasteiger partial charge in [-0.25, -0.2) is 24.9 Å². The molecule has 1 aliphatic heterocycles. The van der Waals surface area contributed by atoms with Gasteiger partial charge in [0.25, 0.3) is 5.69 Å². The van der Waals surface area contributed by atoms with Crippen molar-refractivity contribution in [1.29, 1.82) is 5.26 Å². The number of imidazole rings is 3. The van der Waals surface area contributed by atoms with Gasteiger partial charge in [-0.05, 0) is 47.8 Å². The highest BCUT2D eigenvalue weighted by Gasteiger charge is 2.54. The number of aliphatic hydroxyl groups excluding tert-OH is 2. The van der Waals surface area contributed by atoms with Crippen LogP contribution in [0.3, 0.4) is 0 Å². The number of aliphatic hydroxyl groups is 2. The van der Waals surface area contributed by atoms with Crippen molar-refractivity contribution in [2.75, 3.05) is 33.0 Å². The summed E-state index contributed by atoms with van der Waals surface area (Å²) in [5.41, 5.74) is 2.68. The van der Waals surface area contributed by atoms with Crippen molar-refractivity contribution in [2.24, 2.45) is 11.8 Å². The van der Waals surface area contributed by atoms with Gasteiger partial charge < -0.3 is 37.7 Å². The molecule has 346 valence electrons. The van der Waals surface area contributed by atoms with E-state index in [9.17, 15) is 25.6 Å². The number of ether oxygens (including phenoxy) is 2. The molecule has 2 N–H and O–H groups in total. The Labute approximate surface area is 384 Å². The number of hydrogen-bond acceptors (Lipinski definition) is 18. The molecule has 2 unspecified atom stereocenters. The minimum absolute atomic E-state index is 0.00644. The number of aromatic nitrogens is 9. The molecule has 1 saturated heterocycles. The fourth-order valence-electron chi connectivity index (χ4n) is 7.88. The summed E-state index contributed by atoms with van der Waals surface area (Å²) in [6.07, 6.45) is 5.00. The molecule has 25 heteroatoms. The number of non-ortho nitro benzene ring substituents is 1. The monoisotopic (exact) mass is 969 g/mol. The van der Waals surface area contributed by atoms with Gasteiger partial charge in [0.1, 0.15) is 30.2 Å². The zero-order valence-electron chi connectivity index (χ0n) is 36.2. The molecule has 2 aliphatic rings. The highest BCUT2D eigenvalue weighted by atomic mass is 35.5. The molecule has 1 saturated carbocycles. The first-order valence-corrected chi connectivity index (χ1v) is 26.8. The lowest BCUT2D eigenvalue weighted by Crippen LogP contribution is -2.50. The fourth-order valence-corrected chi connectivity index (χ4v) is 11.5. The van der Waals surface area contributed by atoms with Crippen LogP contribution in [0.25, 0.3) is 28.1 Å². The Morgan fingerprint density at radius 2 is 1.80 bits per heavy atom. The summed E-state index contributed by atoms with van der Waals surface area (Å²) in [6, 6.07) is 8.15. The van der Waals surface area contributed by atoms with Crippen LogP contribution in [-0.4, -0.2) is 118 Å². The van der Waals surface area contributed by atoms with E-state index in [1.807, 2.05) is 4.57 Å². The van der Waals surface area contributed by atoms with Crippen molar-refractivity contribution in [3.8, 4) is 11.9 Å². The summed E-state index contributed by atoms with van der Waals surface area (Å²) < 4.78 is 44.9. The van der Waals surface area contributed by atoms with Gasteiger partial charge in [-0.15, -0.1) is 0 Å². The third kappa shape index (κ3) is 9.40. The molecular formula is C40H49ClN11O10PSSi. The maximum atomic E-state index is 11.2. The van der Waals surface area contributed by atoms with E-state index >= 15 is 0 Å². The van der Waals surface area contributed by atoms with Crippen LogP contribution in [0.4, 0.5) is 5.69 Å². The van der Waals surface area contributed by atoms with Gasteiger partial charge in [-0.2, -0.15) is 10.2 Å². The Morgan fingerprint density at radius 1 is 1.05 bits per heavy atom. The summed E-state index contributed by atoms with van der Waals surface area (Å²) in [4.78, 5) is 37.3. The molecule has 21 nitrogen and oxygen atoms in total. The van der Waals surface area contributed by atoms with Crippen molar-refractivity contribution >= 4 is 72.2 Å². The predicted molar refractivity (Wildman–Crippen MR) is 241 cm³/mol. The average molecular weight is 970 g/mol. The Bertz CT molecular complexity index is 2760. The summed E-state index contributed by atoms with van der Waals surface area (Å²) in [5.74, 6) is 0.0440. The van der Waals surface area contributed by atoms with Crippen molar-refractivity contribution in [3.05, 3.63) is 76.5 Å². The average Bonchev–Trinajstić information content (AvgIpc) is 4.07. The zero-order valence-corrected chi connectivity index (χ0v) is 39.7. The molecule has 1 aromatic carbocycles. The van der Waals surface area contributed by atoms with Crippen molar-refractivity contribution in [1.82, 2.24) is 43.4 Å². The number of nitro groups is 1. The lowest BCUT2D eigenvalue weighted by molar-refractivity contribution is -0.384. The topological polar surface area (TPSA) is 254 Å². The third-order valence-electron chi connectivity index (χ3n) is 12.5. The minimum atomic E-state index is -3.78. The van der Waals surface area contributed by atoms with Crippen LogP contribution in [-0.2, 0) is 41.0 Å². The molecule has 6 heterocycles. The largest absolute Gasteiger partial charge is 0.476 e. The van der Waals surface area contributed by atoms with Crippen molar-refractivity contribution in [2.45, 2.75) is 88.7 Å². The van der Waals surface area contributed by atoms with Gasteiger partial charge in [-0.1, -0.05) is 44.5 Å². The number of nitrogens with zero attached hydrogens (tertiary/aromatic N) is 11. The lowest BCUT2D eigenvalue weighted by Gasteiger charge is -2.45.